The zero-order chi connectivity index (χ0) is 28.6. The number of sulfone groups is 1. The van der Waals surface area contributed by atoms with Gasteiger partial charge < -0.3 is 14.9 Å². The molecule has 0 bridgehead atoms. The van der Waals surface area contributed by atoms with Gasteiger partial charge in [-0.3, -0.25) is 4.90 Å². The lowest BCUT2D eigenvalue weighted by molar-refractivity contribution is -0.275. The highest BCUT2D eigenvalue weighted by Gasteiger charge is 2.36. The molecule has 2 N–H and O–H groups in total. The molecule has 0 amide bonds. The van der Waals surface area contributed by atoms with Crippen LogP contribution in [-0.4, -0.2) is 61.9 Å². The van der Waals surface area contributed by atoms with E-state index in [0.29, 0.717) is 10.8 Å². The highest BCUT2D eigenvalue weighted by molar-refractivity contribution is 9.10. The average molecular weight is 631 g/mol. The van der Waals surface area contributed by atoms with Gasteiger partial charge in [-0.05, 0) is 78.9 Å². The van der Waals surface area contributed by atoms with Crippen LogP contribution in [-0.2, 0) is 16.4 Å². The molecule has 212 valence electrons. The van der Waals surface area contributed by atoms with Gasteiger partial charge in [0.15, 0.2) is 9.84 Å². The van der Waals surface area contributed by atoms with Crippen molar-refractivity contribution in [1.82, 2.24) is 4.90 Å². The summed E-state index contributed by atoms with van der Waals surface area (Å²) in [5, 5.41) is 14.6. The van der Waals surface area contributed by atoms with Gasteiger partial charge in [0.2, 0.25) is 0 Å². The third-order valence-corrected chi connectivity index (χ3v) is 8.21. The molecule has 0 saturated carbocycles. The Bertz CT molecular complexity index is 1290. The van der Waals surface area contributed by atoms with Crippen molar-refractivity contribution in [3.05, 3.63) is 82.8 Å². The molecule has 6 nitrogen and oxygen atoms in total. The molecule has 1 aliphatic heterocycles. The van der Waals surface area contributed by atoms with E-state index in [1.807, 2.05) is 36.4 Å². The van der Waals surface area contributed by atoms with Gasteiger partial charge >= 0.3 is 6.18 Å². The van der Waals surface area contributed by atoms with Crippen LogP contribution in [0.2, 0.25) is 0 Å². The molecule has 1 saturated heterocycles. The first-order chi connectivity index (χ1) is 18.3. The van der Waals surface area contributed by atoms with E-state index >= 15 is 0 Å². The lowest BCUT2D eigenvalue weighted by Gasteiger charge is -2.32. The van der Waals surface area contributed by atoms with Crippen LogP contribution in [0, 0.1) is 5.92 Å². The van der Waals surface area contributed by atoms with Gasteiger partial charge in [0.1, 0.15) is 5.75 Å². The summed E-state index contributed by atoms with van der Waals surface area (Å²) >= 11 is 3.65. The summed E-state index contributed by atoms with van der Waals surface area (Å²) in [6.45, 7) is 3.92. The van der Waals surface area contributed by atoms with Gasteiger partial charge in [0.25, 0.3) is 6.29 Å². The van der Waals surface area contributed by atoms with Crippen molar-refractivity contribution in [2.75, 3.05) is 26.0 Å². The molecule has 1 fully saturated rings. The molecule has 0 radical (unpaired) electrons. The van der Waals surface area contributed by atoms with Crippen molar-refractivity contribution in [2.45, 2.75) is 36.7 Å². The molecule has 0 aromatic heterocycles. The van der Waals surface area contributed by atoms with Crippen molar-refractivity contribution in [3.8, 4) is 16.9 Å². The topological polar surface area (TPSA) is 87.1 Å². The number of piperidine rings is 1. The molecule has 39 heavy (non-hydrogen) atoms. The van der Waals surface area contributed by atoms with Crippen molar-refractivity contribution in [3.63, 3.8) is 0 Å². The van der Waals surface area contributed by atoms with E-state index in [1.165, 1.54) is 16.3 Å². The lowest BCUT2D eigenvalue weighted by atomic mass is 9.97. The van der Waals surface area contributed by atoms with Gasteiger partial charge in [-0.25, -0.2) is 8.42 Å². The smallest absolute Gasteiger partial charge is 0.439 e. The van der Waals surface area contributed by atoms with Crippen LogP contribution in [0.3, 0.4) is 0 Å². The number of nitrogens with zero attached hydrogens (tertiary/aromatic N) is 1. The molecule has 1 aliphatic rings. The summed E-state index contributed by atoms with van der Waals surface area (Å²) in [5.41, 5.74) is 3.37. The summed E-state index contributed by atoms with van der Waals surface area (Å²) in [6.07, 6.45) is -4.57. The van der Waals surface area contributed by atoms with E-state index in [0.717, 1.165) is 56.0 Å². The van der Waals surface area contributed by atoms with Gasteiger partial charge in [-0.2, -0.15) is 13.2 Å². The summed E-state index contributed by atoms with van der Waals surface area (Å²) < 4.78 is 62.5. The first kappa shape index (κ1) is 31.1. The minimum atomic E-state index is -4.89. The molecule has 0 unspecified atom stereocenters. The van der Waals surface area contributed by atoms with Crippen molar-refractivity contribution in [1.29, 1.82) is 0 Å². The van der Waals surface area contributed by atoms with E-state index < -0.39 is 22.3 Å². The Balaban J connectivity index is 0.000000532. The standard InChI is InChI=1S/C26H28BrNO3S.C2H3F3O2/c1-32(29,30)25-12-8-22(9-13-25)21-6-10-24(11-7-21)31-19-20-14-16-28(17-15-20)18-23-4-2-3-5-26(23)27;3-2(4,5)1(6)7/h2-13,20H,14-19H2,1H3;1,6-7H. The number of alkyl halides is 3. The number of rotatable bonds is 7. The predicted molar refractivity (Wildman–Crippen MR) is 147 cm³/mol. The van der Waals surface area contributed by atoms with Crippen LogP contribution in [0.15, 0.2) is 82.2 Å². The monoisotopic (exact) mass is 629 g/mol. The fourth-order valence-electron chi connectivity index (χ4n) is 4.03. The number of halogens is 4. The number of likely N-dealkylation sites (tertiary alicyclic amines) is 1. The van der Waals surface area contributed by atoms with E-state index in [1.54, 1.807) is 12.1 Å². The fraction of sp³-hybridized carbons (Fsp3) is 0.357. The van der Waals surface area contributed by atoms with Crippen LogP contribution in [0.1, 0.15) is 18.4 Å². The van der Waals surface area contributed by atoms with Crippen LogP contribution < -0.4 is 4.74 Å². The number of benzene rings is 3. The average Bonchev–Trinajstić information content (AvgIpc) is 2.89. The van der Waals surface area contributed by atoms with E-state index in [4.69, 9.17) is 14.9 Å². The molecule has 0 aliphatic carbocycles. The van der Waals surface area contributed by atoms with Crippen molar-refractivity contribution in [2.24, 2.45) is 5.92 Å². The van der Waals surface area contributed by atoms with Crippen molar-refractivity contribution >= 4 is 25.8 Å². The van der Waals surface area contributed by atoms with Gasteiger partial charge in [0.05, 0.1) is 11.5 Å². The summed E-state index contributed by atoms with van der Waals surface area (Å²) in [6, 6.07) is 23.4. The van der Waals surface area contributed by atoms with Crippen LogP contribution >= 0.6 is 15.9 Å². The normalized spacial score (nSPS) is 15.1. The Kier molecular flexibility index (Phi) is 11.0. The number of hydrogen-bond donors (Lipinski definition) is 2. The summed E-state index contributed by atoms with van der Waals surface area (Å²) in [4.78, 5) is 2.85. The molecule has 3 aromatic rings. The molecule has 3 aromatic carbocycles. The van der Waals surface area contributed by atoms with Gasteiger partial charge in [-0.15, -0.1) is 0 Å². The third-order valence-electron chi connectivity index (χ3n) is 6.31. The van der Waals surface area contributed by atoms with Crippen LogP contribution in [0.25, 0.3) is 11.1 Å². The maximum absolute atomic E-state index is 11.6. The number of aliphatic hydroxyl groups is 2. The predicted octanol–water partition coefficient (Wildman–Crippen LogP) is 5.67. The highest BCUT2D eigenvalue weighted by Crippen LogP contribution is 2.26. The van der Waals surface area contributed by atoms with Crippen LogP contribution in [0.5, 0.6) is 5.75 Å². The Morgan fingerprint density at radius 1 is 0.949 bits per heavy atom. The Labute approximate surface area is 235 Å². The van der Waals surface area contributed by atoms with E-state index in [2.05, 4.69) is 45.1 Å². The Morgan fingerprint density at radius 2 is 1.46 bits per heavy atom. The van der Waals surface area contributed by atoms with Crippen LogP contribution in [0.4, 0.5) is 13.2 Å². The largest absolute Gasteiger partial charge is 0.493 e. The minimum absolute atomic E-state index is 0.337. The first-order valence-electron chi connectivity index (χ1n) is 12.2. The second-order valence-electron chi connectivity index (χ2n) is 9.36. The number of ether oxygens (including phenoxy) is 1. The van der Waals surface area contributed by atoms with Crippen molar-refractivity contribution < 1.29 is 36.5 Å². The molecular weight excluding hydrogens is 599 g/mol. The second-order valence-corrected chi connectivity index (χ2v) is 12.2. The fourth-order valence-corrected chi connectivity index (χ4v) is 5.07. The maximum atomic E-state index is 11.6. The van der Waals surface area contributed by atoms with Gasteiger partial charge in [-0.1, -0.05) is 58.4 Å². The second kappa shape index (κ2) is 13.8. The summed E-state index contributed by atoms with van der Waals surface area (Å²) in [7, 11) is -3.17. The number of aliphatic hydroxyl groups excluding tert-OH is 1. The maximum Gasteiger partial charge on any atom is 0.439 e. The zero-order valence-corrected chi connectivity index (χ0v) is 23.7. The SMILES string of the molecule is CS(=O)(=O)c1ccc(-c2ccc(OCC3CCN(Cc4ccccc4Br)CC3)cc2)cc1.OC(O)C(F)(F)F. The van der Waals surface area contributed by atoms with E-state index in [9.17, 15) is 21.6 Å². The quantitative estimate of drug-likeness (QED) is 0.328. The summed E-state index contributed by atoms with van der Waals surface area (Å²) in [5.74, 6) is 1.45. The molecule has 0 atom stereocenters. The number of hydrogen-bond acceptors (Lipinski definition) is 6. The lowest BCUT2D eigenvalue weighted by Crippen LogP contribution is -2.35. The Morgan fingerprint density at radius 3 is 1.95 bits per heavy atom. The molecule has 1 heterocycles. The Hall–Kier alpha value is -2.44. The first-order valence-corrected chi connectivity index (χ1v) is 14.9. The van der Waals surface area contributed by atoms with E-state index in [-0.39, 0.29) is 0 Å². The highest BCUT2D eigenvalue weighted by atomic mass is 79.9. The molecule has 4 rings (SSSR count). The molecule has 0 spiro atoms. The third kappa shape index (κ3) is 9.91. The van der Waals surface area contributed by atoms with Gasteiger partial charge in [0, 0.05) is 17.3 Å². The molecular formula is C28H31BrF3NO5S. The zero-order valence-electron chi connectivity index (χ0n) is 21.3. The minimum Gasteiger partial charge on any atom is -0.493 e. The molecule has 11 heteroatoms.